The van der Waals surface area contributed by atoms with Crippen molar-refractivity contribution in [2.75, 3.05) is 29.9 Å². The molecule has 0 amide bonds. The molecule has 5 rings (SSSR count). The van der Waals surface area contributed by atoms with E-state index in [4.69, 9.17) is 20.9 Å². The maximum atomic E-state index is 14.0. The van der Waals surface area contributed by atoms with E-state index in [0.717, 1.165) is 21.3 Å². The Bertz CT molecular complexity index is 1880. The molecule has 5 aromatic rings. The third-order valence-electron chi connectivity index (χ3n) is 6.91. The maximum Gasteiger partial charge on any atom is 0.326 e. The molecule has 0 atom stereocenters. The van der Waals surface area contributed by atoms with Crippen molar-refractivity contribution in [2.45, 2.75) is 11.4 Å². The largest absolute Gasteiger partial charge is 0.468 e. The summed E-state index contributed by atoms with van der Waals surface area (Å²) in [6.07, 6.45) is 1.53. The van der Waals surface area contributed by atoms with Crippen molar-refractivity contribution in [2.24, 2.45) is 12.8 Å². The van der Waals surface area contributed by atoms with Crippen LogP contribution in [0.3, 0.4) is 0 Å². The van der Waals surface area contributed by atoms with E-state index in [1.807, 2.05) is 35.7 Å². The van der Waals surface area contributed by atoms with Crippen LogP contribution in [0.1, 0.15) is 11.4 Å². The number of benzene rings is 3. The Hall–Kier alpha value is -4.97. The van der Waals surface area contributed by atoms with Crippen LogP contribution >= 0.6 is 0 Å². The number of nitrogen functional groups attached to an aromatic ring is 1. The van der Waals surface area contributed by atoms with Crippen LogP contribution in [0.2, 0.25) is 0 Å². The van der Waals surface area contributed by atoms with Crippen LogP contribution in [-0.4, -0.2) is 55.5 Å². The van der Waals surface area contributed by atoms with Crippen molar-refractivity contribution in [3.05, 3.63) is 90.4 Å². The number of esters is 1. The molecule has 3 aromatic carbocycles. The van der Waals surface area contributed by atoms with Crippen LogP contribution in [0.15, 0.2) is 83.9 Å². The summed E-state index contributed by atoms with van der Waals surface area (Å²) in [6.45, 7) is -0.0575. The Morgan fingerprint density at radius 2 is 1.76 bits per heavy atom. The maximum absolute atomic E-state index is 14.0. The number of nitrogens with one attached hydrogen (secondary N) is 1. The van der Waals surface area contributed by atoms with Crippen molar-refractivity contribution < 1.29 is 17.9 Å². The van der Waals surface area contributed by atoms with Gasteiger partial charge in [-0.15, -0.1) is 0 Å². The van der Waals surface area contributed by atoms with E-state index in [0.29, 0.717) is 28.5 Å². The summed E-state index contributed by atoms with van der Waals surface area (Å²) in [7, 11) is 0.812. The number of aromatic nitrogens is 3. The fourth-order valence-corrected chi connectivity index (χ4v) is 6.20. The van der Waals surface area contributed by atoms with E-state index in [2.05, 4.69) is 4.98 Å². The molecule has 0 fully saturated rings. The number of imidazole rings is 1. The molecule has 2 aromatic heterocycles. The molecule has 0 radical (unpaired) electrons. The number of fused-ring (bicyclic) bond motifs is 2. The highest BCUT2D eigenvalue weighted by Crippen LogP contribution is 2.30. The summed E-state index contributed by atoms with van der Waals surface area (Å²) >= 11 is 0. The quantitative estimate of drug-likeness (QED) is 0.155. The Morgan fingerprint density at radius 3 is 2.46 bits per heavy atom. The number of anilines is 2. The second-order valence-electron chi connectivity index (χ2n) is 9.50. The van der Waals surface area contributed by atoms with Crippen LogP contribution in [0.4, 0.5) is 11.4 Å². The average Bonchev–Trinajstić information content (AvgIpc) is 3.29. The first-order chi connectivity index (χ1) is 19.6. The van der Waals surface area contributed by atoms with E-state index in [-0.39, 0.29) is 16.4 Å². The molecule has 3 N–H and O–H groups in total. The van der Waals surface area contributed by atoms with E-state index in [1.165, 1.54) is 19.4 Å². The lowest BCUT2D eigenvalue weighted by molar-refractivity contribution is -0.138. The molecular weight excluding hydrogens is 542 g/mol. The zero-order chi connectivity index (χ0) is 29.3. The molecule has 11 nitrogen and oxygen atoms in total. The van der Waals surface area contributed by atoms with Gasteiger partial charge in [0, 0.05) is 36.9 Å². The molecular formula is C29H29N7O4S. The first-order valence-corrected chi connectivity index (χ1v) is 14.1. The summed E-state index contributed by atoms with van der Waals surface area (Å²) in [6, 6.07) is 20.8. The standard InChI is InChI=1S/C29H29N7O4S/c1-34(21-11-9-20(10-12-21)29(30)31)17-26-33-23-16-22(13-14-24(23)35(26)2)36(18-27(37)40-3)41(38,39)25-8-4-6-19-7-5-15-32-28(19)25/h4-16H,17-18H2,1-3H3,(H3,30,31). The Balaban J connectivity index is 1.52. The molecule has 41 heavy (non-hydrogen) atoms. The first kappa shape index (κ1) is 27.6. The summed E-state index contributed by atoms with van der Waals surface area (Å²) in [5.41, 5.74) is 9.08. The van der Waals surface area contributed by atoms with Crippen LogP contribution < -0.4 is 14.9 Å². The Labute approximate surface area is 237 Å². The minimum Gasteiger partial charge on any atom is -0.468 e. The molecule has 0 aliphatic rings. The van der Waals surface area contributed by atoms with Gasteiger partial charge >= 0.3 is 5.97 Å². The van der Waals surface area contributed by atoms with E-state index >= 15 is 0 Å². The summed E-state index contributed by atoms with van der Waals surface area (Å²) < 4.78 is 35.8. The van der Waals surface area contributed by atoms with Gasteiger partial charge in [0.2, 0.25) is 0 Å². The van der Waals surface area contributed by atoms with Gasteiger partial charge in [-0.2, -0.15) is 0 Å². The zero-order valence-corrected chi connectivity index (χ0v) is 23.6. The molecule has 0 aliphatic heterocycles. The topological polar surface area (TPSA) is 148 Å². The van der Waals surface area contributed by atoms with Crippen molar-refractivity contribution in [3.63, 3.8) is 0 Å². The van der Waals surface area contributed by atoms with Gasteiger partial charge in [0.05, 0.1) is 35.9 Å². The molecule has 0 bridgehead atoms. The number of ether oxygens (including phenoxy) is 1. The monoisotopic (exact) mass is 571 g/mol. The SMILES string of the molecule is COC(=O)CN(c1ccc2c(c1)nc(CN(C)c1ccc(C(=N)N)cc1)n2C)S(=O)(=O)c1cccc2cccnc12. The number of aryl methyl sites for hydroxylation is 1. The van der Waals surface area contributed by atoms with E-state index in [1.54, 1.807) is 54.6 Å². The molecule has 0 unspecified atom stereocenters. The number of nitrogens with zero attached hydrogens (tertiary/aromatic N) is 5. The smallest absolute Gasteiger partial charge is 0.326 e. The average molecular weight is 572 g/mol. The van der Waals surface area contributed by atoms with Gasteiger partial charge in [-0.3, -0.25) is 19.5 Å². The number of nitrogens with two attached hydrogens (primary N) is 1. The van der Waals surface area contributed by atoms with Crippen LogP contribution in [0, 0.1) is 5.41 Å². The minimum atomic E-state index is -4.22. The molecule has 0 aliphatic carbocycles. The van der Waals surface area contributed by atoms with Crippen molar-refractivity contribution in [3.8, 4) is 0 Å². The van der Waals surface area contributed by atoms with Crippen molar-refractivity contribution in [1.29, 1.82) is 5.41 Å². The van der Waals surface area contributed by atoms with Crippen LogP contribution in [0.5, 0.6) is 0 Å². The number of hydrogen-bond acceptors (Lipinski definition) is 8. The molecule has 2 heterocycles. The van der Waals surface area contributed by atoms with Gasteiger partial charge in [-0.1, -0.05) is 18.2 Å². The highest BCUT2D eigenvalue weighted by atomic mass is 32.2. The number of carbonyl (C=O) groups is 1. The Kier molecular flexibility index (Phi) is 7.33. The number of methoxy groups -OCH3 is 1. The number of rotatable bonds is 9. The molecule has 12 heteroatoms. The lowest BCUT2D eigenvalue weighted by atomic mass is 10.2. The third-order valence-corrected chi connectivity index (χ3v) is 8.71. The number of sulfonamides is 1. The second-order valence-corrected chi connectivity index (χ2v) is 11.3. The van der Waals surface area contributed by atoms with Gasteiger partial charge < -0.3 is 19.9 Å². The summed E-state index contributed by atoms with van der Waals surface area (Å²) in [5, 5.41) is 8.25. The first-order valence-electron chi connectivity index (χ1n) is 12.6. The van der Waals surface area contributed by atoms with Crippen LogP contribution in [-0.2, 0) is 33.1 Å². The van der Waals surface area contributed by atoms with Gasteiger partial charge in [-0.05, 0) is 54.6 Å². The molecule has 0 saturated carbocycles. The van der Waals surface area contributed by atoms with Gasteiger partial charge in [0.1, 0.15) is 23.1 Å². The fourth-order valence-electron chi connectivity index (χ4n) is 4.63. The minimum absolute atomic E-state index is 0.00493. The molecule has 0 saturated heterocycles. The molecule has 210 valence electrons. The van der Waals surface area contributed by atoms with E-state index < -0.39 is 22.5 Å². The van der Waals surface area contributed by atoms with Crippen LogP contribution in [0.25, 0.3) is 21.9 Å². The fraction of sp³-hybridized carbons (Fsp3) is 0.172. The highest BCUT2D eigenvalue weighted by Gasteiger charge is 2.30. The Morgan fingerprint density at radius 1 is 1.05 bits per heavy atom. The van der Waals surface area contributed by atoms with E-state index in [9.17, 15) is 13.2 Å². The number of carbonyl (C=O) groups excluding carboxylic acids is 1. The highest BCUT2D eigenvalue weighted by molar-refractivity contribution is 7.93. The summed E-state index contributed by atoms with van der Waals surface area (Å²) in [5.74, 6) is 0.0437. The van der Waals surface area contributed by atoms with Crippen molar-refractivity contribution >= 4 is 55.1 Å². The predicted molar refractivity (Wildman–Crippen MR) is 159 cm³/mol. The lowest BCUT2D eigenvalue weighted by Crippen LogP contribution is -2.36. The number of pyridine rings is 1. The number of hydrogen-bond donors (Lipinski definition) is 2. The normalized spacial score (nSPS) is 11.5. The van der Waals surface area contributed by atoms with Gasteiger partial charge in [-0.25, -0.2) is 13.4 Å². The second kappa shape index (κ2) is 10.9. The third kappa shape index (κ3) is 5.29. The predicted octanol–water partition coefficient (Wildman–Crippen LogP) is 3.41. The zero-order valence-electron chi connectivity index (χ0n) is 22.8. The van der Waals surface area contributed by atoms with Gasteiger partial charge in [0.15, 0.2) is 0 Å². The number of para-hydroxylation sites is 1. The number of amidine groups is 1. The lowest BCUT2D eigenvalue weighted by Gasteiger charge is -2.24. The summed E-state index contributed by atoms with van der Waals surface area (Å²) in [4.78, 5) is 23.5. The molecule has 0 spiro atoms. The van der Waals surface area contributed by atoms with Crippen molar-refractivity contribution in [1.82, 2.24) is 14.5 Å². The van der Waals surface area contributed by atoms with Gasteiger partial charge in [0.25, 0.3) is 10.0 Å².